The highest BCUT2D eigenvalue weighted by atomic mass is 32.1. The summed E-state index contributed by atoms with van der Waals surface area (Å²) < 4.78 is 6.25. The lowest BCUT2D eigenvalue weighted by atomic mass is 10.1. The van der Waals surface area contributed by atoms with E-state index in [-0.39, 0.29) is 30.8 Å². The molecule has 1 amide bonds. The molecule has 0 unspecified atom stereocenters. The number of carbonyl (C=O) groups excluding carboxylic acids is 2. The van der Waals surface area contributed by atoms with Crippen LogP contribution >= 0.6 is 11.3 Å². The third kappa shape index (κ3) is 4.67. The molecule has 8 heteroatoms. The maximum Gasteiger partial charge on any atom is 0.307 e. The Morgan fingerprint density at radius 3 is 3.00 bits per heavy atom. The van der Waals surface area contributed by atoms with Crippen molar-refractivity contribution in [3.63, 3.8) is 0 Å². The number of rotatable bonds is 7. The minimum atomic E-state index is -0.360. The highest BCUT2D eigenvalue weighted by Crippen LogP contribution is 2.22. The van der Waals surface area contributed by atoms with E-state index >= 15 is 0 Å². The number of carbonyl (C=O) groups is 2. The largest absolute Gasteiger partial charge is 0.469 e. The summed E-state index contributed by atoms with van der Waals surface area (Å²) in [6.45, 7) is 0.446. The Morgan fingerprint density at radius 2 is 2.38 bits per heavy atom. The van der Waals surface area contributed by atoms with Gasteiger partial charge in [0, 0.05) is 11.3 Å². The minimum absolute atomic E-state index is 0.117. The molecule has 2 heterocycles. The van der Waals surface area contributed by atoms with Crippen molar-refractivity contribution in [1.29, 1.82) is 0 Å². The van der Waals surface area contributed by atoms with Crippen molar-refractivity contribution in [1.82, 2.24) is 20.1 Å². The zero-order valence-electron chi connectivity index (χ0n) is 11.6. The van der Waals surface area contributed by atoms with E-state index in [9.17, 15) is 9.59 Å². The van der Waals surface area contributed by atoms with Crippen LogP contribution in [0.3, 0.4) is 0 Å². The van der Waals surface area contributed by atoms with Gasteiger partial charge in [-0.15, -0.1) is 11.3 Å². The first-order valence-electron chi connectivity index (χ1n) is 6.41. The van der Waals surface area contributed by atoms with Crippen molar-refractivity contribution >= 4 is 23.2 Å². The third-order valence-corrected chi connectivity index (χ3v) is 3.84. The summed E-state index contributed by atoms with van der Waals surface area (Å²) in [4.78, 5) is 28.2. The number of aryl methyl sites for hydroxylation is 1. The van der Waals surface area contributed by atoms with Crippen molar-refractivity contribution in [3.05, 3.63) is 35.0 Å². The van der Waals surface area contributed by atoms with Gasteiger partial charge in [0.2, 0.25) is 5.91 Å². The van der Waals surface area contributed by atoms with Gasteiger partial charge in [-0.05, 0) is 11.4 Å². The van der Waals surface area contributed by atoms with Crippen LogP contribution in [-0.2, 0) is 20.9 Å². The quantitative estimate of drug-likeness (QED) is 0.775. The standard InChI is InChI=1S/C13H16N4O3S/c1-20-13(19)7-10(11-3-2-6-21-11)16-12(18)4-5-17-9-14-8-15-17/h2-3,6,8-10H,4-5,7H2,1H3,(H,16,18)/t10-/m1/s1. The van der Waals surface area contributed by atoms with Crippen molar-refractivity contribution in [2.75, 3.05) is 7.11 Å². The van der Waals surface area contributed by atoms with Crippen LogP contribution in [0.1, 0.15) is 23.8 Å². The van der Waals surface area contributed by atoms with Gasteiger partial charge in [0.05, 0.1) is 26.1 Å². The fourth-order valence-electron chi connectivity index (χ4n) is 1.79. The lowest BCUT2D eigenvalue weighted by Crippen LogP contribution is -2.30. The van der Waals surface area contributed by atoms with Crippen LogP contribution < -0.4 is 5.32 Å². The molecular formula is C13H16N4O3S. The molecule has 0 saturated heterocycles. The molecule has 0 aliphatic rings. The number of nitrogens with one attached hydrogen (secondary N) is 1. The maximum absolute atomic E-state index is 12.0. The van der Waals surface area contributed by atoms with Crippen LogP contribution in [0.15, 0.2) is 30.2 Å². The van der Waals surface area contributed by atoms with Crippen molar-refractivity contribution in [3.8, 4) is 0 Å². The van der Waals surface area contributed by atoms with Gasteiger partial charge in [-0.1, -0.05) is 6.07 Å². The number of amides is 1. The first-order valence-corrected chi connectivity index (χ1v) is 7.29. The molecule has 0 spiro atoms. The molecule has 2 aromatic heterocycles. The van der Waals surface area contributed by atoms with Crippen LogP contribution in [0, 0.1) is 0 Å². The van der Waals surface area contributed by atoms with Crippen molar-refractivity contribution in [2.45, 2.75) is 25.4 Å². The van der Waals surface area contributed by atoms with E-state index in [4.69, 9.17) is 0 Å². The summed E-state index contributed by atoms with van der Waals surface area (Å²) in [5, 5.41) is 8.69. The van der Waals surface area contributed by atoms with Crippen LogP contribution in [0.25, 0.3) is 0 Å². The first-order chi connectivity index (χ1) is 10.2. The highest BCUT2D eigenvalue weighted by Gasteiger charge is 2.19. The van der Waals surface area contributed by atoms with E-state index in [0.717, 1.165) is 4.88 Å². The second-order valence-corrected chi connectivity index (χ2v) is 5.30. The number of methoxy groups -OCH3 is 1. The monoisotopic (exact) mass is 308 g/mol. The second-order valence-electron chi connectivity index (χ2n) is 4.32. The summed E-state index contributed by atoms with van der Waals surface area (Å²) in [6, 6.07) is 3.41. The normalized spacial score (nSPS) is 11.9. The number of ether oxygens (including phenoxy) is 1. The van der Waals surface area contributed by atoms with Crippen LogP contribution in [0.5, 0.6) is 0 Å². The summed E-state index contributed by atoms with van der Waals surface area (Å²) in [7, 11) is 1.33. The smallest absolute Gasteiger partial charge is 0.307 e. The number of hydrogen-bond acceptors (Lipinski definition) is 6. The fraction of sp³-hybridized carbons (Fsp3) is 0.385. The molecule has 2 aromatic rings. The summed E-state index contributed by atoms with van der Waals surface area (Å²) in [5.41, 5.74) is 0. The molecule has 0 saturated carbocycles. The molecule has 0 aliphatic heterocycles. The molecule has 1 atom stereocenters. The van der Waals surface area contributed by atoms with E-state index < -0.39 is 0 Å². The average Bonchev–Trinajstić information content (AvgIpc) is 3.17. The van der Waals surface area contributed by atoms with E-state index in [0.29, 0.717) is 6.54 Å². The zero-order valence-corrected chi connectivity index (χ0v) is 12.4. The zero-order chi connectivity index (χ0) is 15.1. The van der Waals surface area contributed by atoms with Gasteiger partial charge in [0.1, 0.15) is 12.7 Å². The Hall–Kier alpha value is -2.22. The van der Waals surface area contributed by atoms with Crippen LogP contribution in [-0.4, -0.2) is 33.8 Å². The number of nitrogens with zero attached hydrogens (tertiary/aromatic N) is 3. The SMILES string of the molecule is COC(=O)C[C@@H](NC(=O)CCn1cncn1)c1cccs1. The van der Waals surface area contributed by atoms with E-state index in [2.05, 4.69) is 20.1 Å². The Morgan fingerprint density at radius 1 is 1.52 bits per heavy atom. The van der Waals surface area contributed by atoms with Gasteiger partial charge in [0.15, 0.2) is 0 Å². The summed E-state index contributed by atoms with van der Waals surface area (Å²) in [6.07, 6.45) is 3.36. The molecule has 1 N–H and O–H groups in total. The molecule has 21 heavy (non-hydrogen) atoms. The minimum Gasteiger partial charge on any atom is -0.469 e. The lowest BCUT2D eigenvalue weighted by Gasteiger charge is -2.16. The molecule has 112 valence electrons. The van der Waals surface area contributed by atoms with Gasteiger partial charge in [-0.2, -0.15) is 5.10 Å². The number of esters is 1. The fourth-order valence-corrected chi connectivity index (χ4v) is 2.57. The number of hydrogen-bond donors (Lipinski definition) is 1. The maximum atomic E-state index is 12.0. The molecule has 2 rings (SSSR count). The lowest BCUT2D eigenvalue weighted by molar-refractivity contribution is -0.141. The highest BCUT2D eigenvalue weighted by molar-refractivity contribution is 7.10. The van der Waals surface area contributed by atoms with Gasteiger partial charge >= 0.3 is 5.97 Å². The summed E-state index contributed by atoms with van der Waals surface area (Å²) >= 11 is 1.49. The molecule has 0 aromatic carbocycles. The van der Waals surface area contributed by atoms with Gasteiger partial charge < -0.3 is 10.1 Å². The van der Waals surface area contributed by atoms with Gasteiger partial charge in [-0.25, -0.2) is 4.98 Å². The van der Waals surface area contributed by atoms with Gasteiger partial charge in [0.25, 0.3) is 0 Å². The Labute approximate surface area is 125 Å². The van der Waals surface area contributed by atoms with Crippen LogP contribution in [0.4, 0.5) is 0 Å². The Bertz CT molecular complexity index is 568. The Kier molecular flexibility index (Phi) is 5.44. The predicted molar refractivity (Wildman–Crippen MR) is 76.5 cm³/mol. The number of aromatic nitrogens is 3. The van der Waals surface area contributed by atoms with E-state index in [1.807, 2.05) is 17.5 Å². The van der Waals surface area contributed by atoms with Gasteiger partial charge in [-0.3, -0.25) is 14.3 Å². The molecule has 0 fully saturated rings. The van der Waals surface area contributed by atoms with E-state index in [1.54, 1.807) is 11.0 Å². The molecule has 0 aliphatic carbocycles. The predicted octanol–water partition coefficient (Wildman–Crippen LogP) is 1.15. The van der Waals surface area contributed by atoms with Crippen LogP contribution in [0.2, 0.25) is 0 Å². The molecular weight excluding hydrogens is 292 g/mol. The summed E-state index contributed by atoms with van der Waals surface area (Å²) in [5.74, 6) is -0.502. The Balaban J connectivity index is 1.91. The average molecular weight is 308 g/mol. The third-order valence-electron chi connectivity index (χ3n) is 2.85. The van der Waals surface area contributed by atoms with Crippen molar-refractivity contribution in [2.24, 2.45) is 0 Å². The second kappa shape index (κ2) is 7.53. The molecule has 7 nitrogen and oxygen atoms in total. The van der Waals surface area contributed by atoms with Crippen molar-refractivity contribution < 1.29 is 14.3 Å². The number of thiophene rings is 1. The topological polar surface area (TPSA) is 86.1 Å². The molecule has 0 bridgehead atoms. The van der Waals surface area contributed by atoms with E-state index in [1.165, 1.54) is 24.8 Å². The first kappa shape index (κ1) is 15.2. The molecule has 0 radical (unpaired) electrons.